The largest absolute Gasteiger partial charge is 0.385 e. The van der Waals surface area contributed by atoms with E-state index in [0.29, 0.717) is 23.9 Å². The molecule has 4 aliphatic carbocycles. The third kappa shape index (κ3) is 2.05. The third-order valence-corrected chi connectivity index (χ3v) is 8.20. The number of fused-ring (bicyclic) bond motifs is 5. The molecule has 1 N–H and O–H groups in total. The van der Waals surface area contributed by atoms with Crippen molar-refractivity contribution in [2.75, 3.05) is 7.11 Å². The van der Waals surface area contributed by atoms with Gasteiger partial charge in [-0.25, -0.2) is 0 Å². The number of aliphatic hydroxyl groups excluding tert-OH is 1. The van der Waals surface area contributed by atoms with Crippen molar-refractivity contribution in [3.05, 3.63) is 11.6 Å². The topological polar surface area (TPSA) is 46.5 Å². The van der Waals surface area contributed by atoms with E-state index in [-0.39, 0.29) is 11.2 Å². The van der Waals surface area contributed by atoms with Gasteiger partial charge in [0.1, 0.15) is 6.10 Å². The van der Waals surface area contributed by atoms with Gasteiger partial charge in [0, 0.05) is 7.11 Å². The van der Waals surface area contributed by atoms with E-state index in [9.17, 15) is 9.90 Å². The molecule has 4 aliphatic rings. The molecule has 0 aromatic heterocycles. The SMILES string of the molecule is CO[C@H]1CC[C@H]2[C@@H]3CCC4=CC(=O)C(O)C[C@]4(C)[C@H]3CC[C@]12C. The molecule has 7 atom stereocenters. The number of ketones is 1. The fraction of sp³-hybridized carbons (Fsp3) is 0.850. The molecule has 0 aromatic carbocycles. The van der Waals surface area contributed by atoms with Crippen LogP contribution in [0.1, 0.15) is 58.8 Å². The highest BCUT2D eigenvalue weighted by Gasteiger charge is 2.59. The highest BCUT2D eigenvalue weighted by Crippen LogP contribution is 2.65. The zero-order valence-corrected chi connectivity index (χ0v) is 14.7. The van der Waals surface area contributed by atoms with Crippen LogP contribution in [0.5, 0.6) is 0 Å². The second-order valence-corrected chi connectivity index (χ2v) is 8.97. The van der Waals surface area contributed by atoms with Gasteiger partial charge in [-0.1, -0.05) is 19.4 Å². The summed E-state index contributed by atoms with van der Waals surface area (Å²) in [4.78, 5) is 11.9. The van der Waals surface area contributed by atoms with Crippen LogP contribution in [0.15, 0.2) is 11.6 Å². The van der Waals surface area contributed by atoms with Crippen LogP contribution in [0.25, 0.3) is 0 Å². The molecule has 4 rings (SSSR count). The van der Waals surface area contributed by atoms with Gasteiger partial charge in [0.2, 0.25) is 0 Å². The van der Waals surface area contributed by atoms with Crippen LogP contribution in [-0.2, 0) is 9.53 Å². The molecule has 1 unspecified atom stereocenters. The van der Waals surface area contributed by atoms with Crippen LogP contribution in [0.2, 0.25) is 0 Å². The van der Waals surface area contributed by atoms with E-state index in [1.165, 1.54) is 37.7 Å². The van der Waals surface area contributed by atoms with Crippen LogP contribution >= 0.6 is 0 Å². The van der Waals surface area contributed by atoms with Crippen molar-refractivity contribution in [2.45, 2.75) is 71.0 Å². The summed E-state index contributed by atoms with van der Waals surface area (Å²) >= 11 is 0. The molecule has 0 saturated heterocycles. The first-order chi connectivity index (χ1) is 10.9. The molecule has 3 nitrogen and oxygen atoms in total. The minimum atomic E-state index is -0.786. The van der Waals surface area contributed by atoms with Crippen LogP contribution in [-0.4, -0.2) is 30.2 Å². The van der Waals surface area contributed by atoms with E-state index in [2.05, 4.69) is 13.8 Å². The first kappa shape index (κ1) is 15.8. The van der Waals surface area contributed by atoms with E-state index in [1.807, 2.05) is 7.11 Å². The Kier molecular flexibility index (Phi) is 3.55. The fourth-order valence-corrected chi connectivity index (χ4v) is 6.96. The number of carbonyl (C=O) groups is 1. The number of carbonyl (C=O) groups excluding carboxylic acids is 1. The number of methoxy groups -OCH3 is 1. The molecule has 0 radical (unpaired) electrons. The Morgan fingerprint density at radius 2 is 1.96 bits per heavy atom. The summed E-state index contributed by atoms with van der Waals surface area (Å²) in [6.07, 6.45) is 9.22. The lowest BCUT2D eigenvalue weighted by Gasteiger charge is -2.58. The molecule has 0 amide bonds. The molecule has 23 heavy (non-hydrogen) atoms. The molecule has 3 saturated carbocycles. The van der Waals surface area contributed by atoms with Gasteiger partial charge in [-0.2, -0.15) is 0 Å². The van der Waals surface area contributed by atoms with Crippen molar-refractivity contribution in [1.82, 2.24) is 0 Å². The normalized spacial score (nSPS) is 52.4. The number of ether oxygens (including phenoxy) is 1. The molecular weight excluding hydrogens is 288 g/mol. The Morgan fingerprint density at radius 1 is 1.17 bits per heavy atom. The van der Waals surface area contributed by atoms with Gasteiger partial charge in [-0.15, -0.1) is 0 Å². The van der Waals surface area contributed by atoms with E-state index < -0.39 is 6.10 Å². The standard InChI is InChI=1S/C20H30O3/c1-19-9-8-15-13(14(19)6-7-18(19)23-3)5-4-12-10-16(21)17(22)11-20(12,15)2/h10,13-15,17-18,22H,4-9,11H2,1-3H3/t13-,14-,15-,17?,18-,19-,20-/m0/s1. The summed E-state index contributed by atoms with van der Waals surface area (Å²) in [6, 6.07) is 0. The van der Waals surface area contributed by atoms with E-state index in [1.54, 1.807) is 6.08 Å². The average molecular weight is 318 g/mol. The lowest BCUT2D eigenvalue weighted by Crippen LogP contribution is -2.53. The van der Waals surface area contributed by atoms with Crippen LogP contribution in [0, 0.1) is 28.6 Å². The summed E-state index contributed by atoms with van der Waals surface area (Å²) < 4.78 is 5.83. The second kappa shape index (κ2) is 5.16. The van der Waals surface area contributed by atoms with Crippen molar-refractivity contribution in [3.8, 4) is 0 Å². The lowest BCUT2D eigenvalue weighted by molar-refractivity contribution is -0.129. The highest BCUT2D eigenvalue weighted by molar-refractivity contribution is 5.95. The van der Waals surface area contributed by atoms with Gasteiger partial charge >= 0.3 is 0 Å². The number of hydrogen-bond acceptors (Lipinski definition) is 3. The molecule has 0 bridgehead atoms. The van der Waals surface area contributed by atoms with Crippen LogP contribution < -0.4 is 0 Å². The molecule has 0 heterocycles. The van der Waals surface area contributed by atoms with E-state index in [0.717, 1.165) is 18.3 Å². The van der Waals surface area contributed by atoms with Gasteiger partial charge < -0.3 is 9.84 Å². The Balaban J connectivity index is 1.67. The summed E-state index contributed by atoms with van der Waals surface area (Å²) in [5.74, 6) is 2.03. The highest BCUT2D eigenvalue weighted by atomic mass is 16.5. The number of aliphatic hydroxyl groups is 1. The smallest absolute Gasteiger partial charge is 0.184 e. The zero-order chi connectivity index (χ0) is 16.4. The van der Waals surface area contributed by atoms with Gasteiger partial charge in [-0.3, -0.25) is 4.79 Å². The molecule has 128 valence electrons. The van der Waals surface area contributed by atoms with Gasteiger partial charge in [0.15, 0.2) is 5.78 Å². The summed E-state index contributed by atoms with van der Waals surface area (Å²) in [5, 5.41) is 10.2. The van der Waals surface area contributed by atoms with Crippen LogP contribution in [0.4, 0.5) is 0 Å². The van der Waals surface area contributed by atoms with Crippen molar-refractivity contribution in [2.24, 2.45) is 28.6 Å². The predicted octanol–water partition coefficient (Wildman–Crippen LogP) is 3.50. The lowest BCUT2D eigenvalue weighted by atomic mass is 9.47. The predicted molar refractivity (Wildman–Crippen MR) is 88.9 cm³/mol. The number of rotatable bonds is 1. The number of allylic oxidation sites excluding steroid dienone is 1. The minimum Gasteiger partial charge on any atom is -0.385 e. The van der Waals surface area contributed by atoms with Crippen molar-refractivity contribution >= 4 is 5.78 Å². The Hall–Kier alpha value is -0.670. The number of hydrogen-bond donors (Lipinski definition) is 1. The summed E-state index contributed by atoms with van der Waals surface area (Å²) in [7, 11) is 1.87. The molecule has 3 heteroatoms. The van der Waals surface area contributed by atoms with Crippen LogP contribution in [0.3, 0.4) is 0 Å². The van der Waals surface area contributed by atoms with Gasteiger partial charge in [0.05, 0.1) is 6.10 Å². The molecular formula is C20H30O3. The maximum Gasteiger partial charge on any atom is 0.184 e. The van der Waals surface area contributed by atoms with E-state index >= 15 is 0 Å². The maximum absolute atomic E-state index is 11.9. The molecule has 0 spiro atoms. The van der Waals surface area contributed by atoms with Crippen molar-refractivity contribution < 1.29 is 14.6 Å². The Bertz CT molecular complexity index is 553. The first-order valence-electron chi connectivity index (χ1n) is 9.36. The average Bonchev–Trinajstić information content (AvgIpc) is 2.85. The molecule has 3 fully saturated rings. The fourth-order valence-electron chi connectivity index (χ4n) is 6.96. The molecule has 0 aromatic rings. The summed E-state index contributed by atoms with van der Waals surface area (Å²) in [5.41, 5.74) is 1.68. The Morgan fingerprint density at radius 3 is 2.70 bits per heavy atom. The van der Waals surface area contributed by atoms with Crippen molar-refractivity contribution in [1.29, 1.82) is 0 Å². The summed E-state index contributed by atoms with van der Waals surface area (Å²) in [6.45, 7) is 4.76. The first-order valence-corrected chi connectivity index (χ1v) is 9.36. The third-order valence-electron chi connectivity index (χ3n) is 8.20. The zero-order valence-electron chi connectivity index (χ0n) is 14.7. The van der Waals surface area contributed by atoms with Gasteiger partial charge in [0.25, 0.3) is 0 Å². The minimum absolute atomic E-state index is 0.0305. The van der Waals surface area contributed by atoms with Gasteiger partial charge in [-0.05, 0) is 79.6 Å². The Labute approximate surface area is 139 Å². The maximum atomic E-state index is 11.9. The van der Waals surface area contributed by atoms with Crippen molar-refractivity contribution in [3.63, 3.8) is 0 Å². The second-order valence-electron chi connectivity index (χ2n) is 8.97. The molecule has 0 aliphatic heterocycles. The van der Waals surface area contributed by atoms with E-state index in [4.69, 9.17) is 4.74 Å². The monoisotopic (exact) mass is 318 g/mol. The quantitative estimate of drug-likeness (QED) is 0.805.